The predicted molar refractivity (Wildman–Crippen MR) is 104 cm³/mol. The average molecular weight is 370 g/mol. The Morgan fingerprint density at radius 1 is 1.36 bits per heavy atom. The molecule has 0 unspecified atom stereocenters. The van der Waals surface area contributed by atoms with Gasteiger partial charge in [0.05, 0.1) is 17.6 Å². The lowest BCUT2D eigenvalue weighted by molar-refractivity contribution is 0.340. The van der Waals surface area contributed by atoms with E-state index in [4.69, 9.17) is 0 Å². The van der Waals surface area contributed by atoms with Crippen LogP contribution >= 0.6 is 0 Å². The zero-order chi connectivity index (χ0) is 19.0. The van der Waals surface area contributed by atoms with Gasteiger partial charge >= 0.3 is 0 Å². The number of hydrogen-bond donors (Lipinski definition) is 0. The van der Waals surface area contributed by atoms with Crippen LogP contribution in [0.3, 0.4) is 0 Å². The van der Waals surface area contributed by atoms with Crippen molar-refractivity contribution in [1.82, 2.24) is 14.5 Å². The van der Waals surface area contributed by atoms with Gasteiger partial charge in [0.25, 0.3) is 0 Å². The highest BCUT2D eigenvalue weighted by molar-refractivity contribution is 7.91. The molecule has 0 aliphatic heterocycles. The zero-order valence-electron chi connectivity index (χ0n) is 16.6. The van der Waals surface area contributed by atoms with Gasteiger partial charge in [0, 0.05) is 19.6 Å². The molecule has 0 atom stereocenters. The lowest BCUT2D eigenvalue weighted by Gasteiger charge is -2.18. The molecule has 0 aliphatic carbocycles. The Hall–Kier alpha value is -1.14. The van der Waals surface area contributed by atoms with E-state index in [1.807, 2.05) is 18.5 Å². The minimum Gasteiger partial charge on any atom is -0.318 e. The number of likely N-dealkylation sites (N-methyl/N-ethyl adjacent to an activating group) is 1. The van der Waals surface area contributed by atoms with Gasteiger partial charge < -0.3 is 4.57 Å². The number of hydrogen-bond acceptors (Lipinski definition) is 4. The molecule has 0 bridgehead atoms. The maximum atomic E-state index is 12.8. The van der Waals surface area contributed by atoms with Gasteiger partial charge in [-0.25, -0.2) is 13.4 Å². The first-order chi connectivity index (χ1) is 11.7. The van der Waals surface area contributed by atoms with Crippen LogP contribution in [0.5, 0.6) is 0 Å². The molecular weight excluding hydrogens is 334 g/mol. The van der Waals surface area contributed by atoms with Gasteiger partial charge in [-0.1, -0.05) is 39.3 Å². The molecule has 0 N–H and O–H groups in total. The molecule has 0 amide bonds. The highest BCUT2D eigenvalue weighted by atomic mass is 32.2. The summed E-state index contributed by atoms with van der Waals surface area (Å²) in [5.41, 5.74) is 2.04. The molecule has 0 radical (unpaired) electrons. The summed E-state index contributed by atoms with van der Waals surface area (Å²) in [5, 5.41) is 0.239. The Morgan fingerprint density at radius 3 is 2.60 bits per heavy atom. The summed E-state index contributed by atoms with van der Waals surface area (Å²) < 4.78 is 27.4. The molecule has 0 aliphatic rings. The molecule has 0 spiro atoms. The molecule has 0 saturated heterocycles. The van der Waals surface area contributed by atoms with Crippen molar-refractivity contribution < 1.29 is 8.42 Å². The van der Waals surface area contributed by atoms with Crippen molar-refractivity contribution in [3.63, 3.8) is 0 Å². The van der Waals surface area contributed by atoms with E-state index in [-0.39, 0.29) is 10.9 Å². The minimum atomic E-state index is -3.34. The second-order valence-corrected chi connectivity index (χ2v) is 9.52. The highest BCUT2D eigenvalue weighted by Crippen LogP contribution is 2.18. The topological polar surface area (TPSA) is 55.2 Å². The normalized spacial score (nSPS) is 12.3. The molecule has 0 fully saturated rings. The molecule has 1 aromatic heterocycles. The molecule has 5 nitrogen and oxygen atoms in total. The Kier molecular flexibility index (Phi) is 8.86. The summed E-state index contributed by atoms with van der Waals surface area (Å²) in [6.07, 6.45) is 5.29. The van der Waals surface area contributed by atoms with Crippen LogP contribution in [0.1, 0.15) is 59.1 Å². The Bertz CT molecular complexity index is 648. The van der Waals surface area contributed by atoms with E-state index < -0.39 is 9.84 Å². The average Bonchev–Trinajstić information content (AvgIpc) is 2.87. The second kappa shape index (κ2) is 10.1. The fourth-order valence-corrected chi connectivity index (χ4v) is 4.37. The van der Waals surface area contributed by atoms with Gasteiger partial charge in [-0.05, 0) is 39.2 Å². The van der Waals surface area contributed by atoms with Crippen LogP contribution in [-0.4, -0.2) is 42.2 Å². The first-order valence-electron chi connectivity index (χ1n) is 9.27. The minimum absolute atomic E-state index is 0.176. The molecule has 6 heteroatoms. The first kappa shape index (κ1) is 21.9. The summed E-state index contributed by atoms with van der Waals surface area (Å²) in [5.74, 6) is 0.691. The summed E-state index contributed by atoms with van der Waals surface area (Å²) in [6.45, 7) is 14.4. The van der Waals surface area contributed by atoms with Crippen molar-refractivity contribution in [2.24, 2.45) is 5.92 Å². The lowest BCUT2D eigenvalue weighted by atomic mass is 10.1. The fourth-order valence-electron chi connectivity index (χ4n) is 2.89. The summed E-state index contributed by atoms with van der Waals surface area (Å²) in [6, 6.07) is 0. The van der Waals surface area contributed by atoms with Crippen LogP contribution < -0.4 is 0 Å². The third kappa shape index (κ3) is 7.32. The van der Waals surface area contributed by atoms with Crippen molar-refractivity contribution >= 4 is 9.84 Å². The Labute approximate surface area is 154 Å². The van der Waals surface area contributed by atoms with Gasteiger partial charge in [0.15, 0.2) is 0 Å². The summed E-state index contributed by atoms with van der Waals surface area (Å²) in [7, 11) is -1.32. The number of nitrogens with zero attached hydrogens (tertiary/aromatic N) is 3. The van der Waals surface area contributed by atoms with Crippen molar-refractivity contribution in [2.75, 3.05) is 19.3 Å². The van der Waals surface area contributed by atoms with Crippen LogP contribution in [0, 0.1) is 5.92 Å². The summed E-state index contributed by atoms with van der Waals surface area (Å²) in [4.78, 5) is 6.43. The zero-order valence-corrected chi connectivity index (χ0v) is 17.4. The van der Waals surface area contributed by atoms with E-state index in [9.17, 15) is 8.42 Å². The van der Waals surface area contributed by atoms with Gasteiger partial charge in [0.2, 0.25) is 15.0 Å². The van der Waals surface area contributed by atoms with Gasteiger partial charge in [-0.3, -0.25) is 4.90 Å². The van der Waals surface area contributed by atoms with Crippen molar-refractivity contribution in [3.05, 3.63) is 24.0 Å². The molecule has 144 valence electrons. The summed E-state index contributed by atoms with van der Waals surface area (Å²) >= 11 is 0. The van der Waals surface area contributed by atoms with Crippen molar-refractivity contribution in [2.45, 2.75) is 71.6 Å². The molecule has 0 aromatic carbocycles. The van der Waals surface area contributed by atoms with E-state index >= 15 is 0 Å². The predicted octanol–water partition coefficient (Wildman–Crippen LogP) is 3.90. The van der Waals surface area contributed by atoms with Gasteiger partial charge in [-0.15, -0.1) is 0 Å². The third-order valence-corrected chi connectivity index (χ3v) is 5.79. The van der Waals surface area contributed by atoms with Crippen molar-refractivity contribution in [1.29, 1.82) is 0 Å². The smallest absolute Gasteiger partial charge is 0.227 e. The van der Waals surface area contributed by atoms with Gasteiger partial charge in [-0.2, -0.15) is 0 Å². The van der Waals surface area contributed by atoms with Crippen LogP contribution in [0.4, 0.5) is 0 Å². The van der Waals surface area contributed by atoms with Crippen LogP contribution in [0.15, 0.2) is 23.5 Å². The Balaban J connectivity index is 3.00. The molecule has 0 saturated carbocycles. The largest absolute Gasteiger partial charge is 0.318 e. The monoisotopic (exact) mass is 369 g/mol. The lowest BCUT2D eigenvalue weighted by Crippen LogP contribution is -2.23. The second-order valence-electron chi connectivity index (χ2n) is 7.52. The van der Waals surface area contributed by atoms with E-state index in [0.717, 1.165) is 37.1 Å². The molecule has 25 heavy (non-hydrogen) atoms. The van der Waals surface area contributed by atoms with E-state index in [1.165, 1.54) is 0 Å². The number of rotatable bonds is 12. The highest BCUT2D eigenvalue weighted by Gasteiger charge is 2.23. The van der Waals surface area contributed by atoms with E-state index in [0.29, 0.717) is 25.4 Å². The molecule has 1 heterocycles. The molecule has 1 rings (SSSR count). The number of unbranched alkanes of at least 4 members (excludes halogenated alkanes) is 1. The van der Waals surface area contributed by atoms with Gasteiger partial charge in [0.1, 0.15) is 0 Å². The molecular formula is C19H35N3O2S. The van der Waals surface area contributed by atoms with Crippen LogP contribution in [0.25, 0.3) is 0 Å². The Morgan fingerprint density at radius 2 is 2.04 bits per heavy atom. The SMILES string of the molecule is C=C(C)CN(C)Cc1cnc(S(=O)(=O)CCCC(C)C)n1CCCC. The maximum absolute atomic E-state index is 12.8. The van der Waals surface area contributed by atoms with E-state index in [1.54, 1.807) is 6.20 Å². The maximum Gasteiger partial charge on any atom is 0.227 e. The first-order valence-corrected chi connectivity index (χ1v) is 10.9. The van der Waals surface area contributed by atoms with Crippen molar-refractivity contribution in [3.8, 4) is 0 Å². The third-order valence-electron chi connectivity index (χ3n) is 4.08. The standard InChI is InChI=1S/C19H35N3O2S/c1-7-8-11-22-18(15-21(6)14-17(4)5)13-20-19(22)25(23,24)12-9-10-16(2)3/h13,16H,4,7-12,14-15H2,1-3,5-6H3. The van der Waals surface area contributed by atoms with E-state index in [2.05, 4.69) is 37.2 Å². The number of sulfone groups is 1. The molecule has 1 aromatic rings. The number of aromatic nitrogens is 2. The quantitative estimate of drug-likeness (QED) is 0.524. The van der Waals surface area contributed by atoms with Crippen LogP contribution in [0.2, 0.25) is 0 Å². The van der Waals surface area contributed by atoms with Crippen LogP contribution in [-0.2, 0) is 22.9 Å². The fraction of sp³-hybridized carbons (Fsp3) is 0.737. The number of imidazole rings is 1.